The third-order valence-electron chi connectivity index (χ3n) is 3.17. The Bertz CT molecular complexity index is 523. The van der Waals surface area contributed by atoms with Crippen LogP contribution < -0.4 is 9.47 Å². The monoisotopic (exact) mass is 374 g/mol. The fraction of sp³-hybridized carbons (Fsp3) is 0.714. The summed E-state index contributed by atoms with van der Waals surface area (Å²) in [5.41, 5.74) is 0. The summed E-state index contributed by atoms with van der Waals surface area (Å²) >= 11 is 1.54. The molecule has 1 aromatic rings. The minimum atomic E-state index is -2.83. The van der Waals surface area contributed by atoms with Crippen LogP contribution in [0.25, 0.3) is 0 Å². The fourth-order valence-corrected chi connectivity index (χ4v) is 3.34. The molecule has 0 fully saturated rings. The second kappa shape index (κ2) is 10.9. The second-order valence-corrected chi connectivity index (χ2v) is 7.00. The zero-order chi connectivity index (χ0) is 15.9. The standard InChI is InChI=1S/C14H22O6S2.Na.H/c1-10(2)5-11(20-22(15)16)3-4-17-6-12-7-18-13-8-21-9-14(13)19-12;;/h8-12,22H,3-7H2,1-2H3;;. The Morgan fingerprint density at radius 2 is 2.09 bits per heavy atom. The van der Waals surface area contributed by atoms with Crippen LogP contribution >= 0.6 is 11.3 Å². The SMILES string of the molecule is CC(C)CC(CCOCC1COc2cscc2O1)O[SH](=O)=O.[NaH]. The molecule has 2 rings (SSSR count). The first-order chi connectivity index (χ1) is 10.5. The molecule has 0 N–H and O–H groups in total. The third kappa shape index (κ3) is 7.72. The summed E-state index contributed by atoms with van der Waals surface area (Å²) in [4.78, 5) is 0. The van der Waals surface area contributed by atoms with Gasteiger partial charge in [-0.1, -0.05) is 13.8 Å². The number of fused-ring (bicyclic) bond motifs is 1. The van der Waals surface area contributed by atoms with Gasteiger partial charge in [0.1, 0.15) is 6.61 Å². The van der Waals surface area contributed by atoms with Gasteiger partial charge < -0.3 is 14.2 Å². The van der Waals surface area contributed by atoms with Crippen molar-refractivity contribution in [2.45, 2.75) is 38.9 Å². The molecule has 0 saturated carbocycles. The van der Waals surface area contributed by atoms with Gasteiger partial charge in [-0.3, -0.25) is 4.18 Å². The molecule has 23 heavy (non-hydrogen) atoms. The van der Waals surface area contributed by atoms with Crippen LogP contribution in [0.3, 0.4) is 0 Å². The molecule has 0 saturated heterocycles. The maximum atomic E-state index is 10.7. The first-order valence-electron chi connectivity index (χ1n) is 7.29. The van der Waals surface area contributed by atoms with Crippen molar-refractivity contribution < 1.29 is 26.8 Å². The molecule has 2 unspecified atom stereocenters. The molecule has 2 atom stereocenters. The molecule has 1 aliphatic heterocycles. The van der Waals surface area contributed by atoms with E-state index in [1.54, 1.807) is 0 Å². The number of thiophene rings is 1. The first-order valence-corrected chi connectivity index (χ1v) is 9.33. The average Bonchev–Trinajstić information content (AvgIpc) is 2.89. The van der Waals surface area contributed by atoms with Crippen molar-refractivity contribution in [1.82, 2.24) is 0 Å². The summed E-state index contributed by atoms with van der Waals surface area (Å²) in [7, 11) is -2.83. The summed E-state index contributed by atoms with van der Waals surface area (Å²) in [6.07, 6.45) is 0.767. The van der Waals surface area contributed by atoms with Crippen LogP contribution in [-0.4, -0.2) is 70.0 Å². The summed E-state index contributed by atoms with van der Waals surface area (Å²) in [5.74, 6) is 1.91. The zero-order valence-corrected chi connectivity index (χ0v) is 14.4. The number of hydrogen-bond donors (Lipinski definition) is 1. The molecule has 0 spiro atoms. The van der Waals surface area contributed by atoms with Crippen LogP contribution in [0.1, 0.15) is 26.7 Å². The molecule has 0 amide bonds. The quantitative estimate of drug-likeness (QED) is 0.402. The molecular formula is C14H23NaO6S2. The molecule has 0 bridgehead atoms. The van der Waals surface area contributed by atoms with Crippen molar-refractivity contribution in [1.29, 1.82) is 0 Å². The topological polar surface area (TPSA) is 71.1 Å². The Kier molecular flexibility index (Phi) is 10.1. The van der Waals surface area contributed by atoms with E-state index in [2.05, 4.69) is 0 Å². The molecule has 1 aromatic heterocycles. The normalized spacial score (nSPS) is 18.0. The van der Waals surface area contributed by atoms with Gasteiger partial charge >= 0.3 is 29.6 Å². The van der Waals surface area contributed by atoms with E-state index in [9.17, 15) is 8.42 Å². The van der Waals surface area contributed by atoms with Gasteiger partial charge in [-0.2, -0.15) is 0 Å². The van der Waals surface area contributed by atoms with Gasteiger partial charge in [-0.05, 0) is 18.8 Å². The minimum absolute atomic E-state index is 0. The van der Waals surface area contributed by atoms with Crippen molar-refractivity contribution in [3.05, 3.63) is 10.8 Å². The summed E-state index contributed by atoms with van der Waals surface area (Å²) in [6.45, 7) is 5.35. The van der Waals surface area contributed by atoms with Crippen LogP contribution in [0, 0.1) is 5.92 Å². The molecular weight excluding hydrogens is 351 g/mol. The summed E-state index contributed by atoms with van der Waals surface area (Å²) in [6, 6.07) is 0. The molecule has 0 aliphatic carbocycles. The molecule has 0 aromatic carbocycles. The van der Waals surface area contributed by atoms with Gasteiger partial charge in [0.2, 0.25) is 0 Å². The van der Waals surface area contributed by atoms with Gasteiger partial charge in [0.05, 0.1) is 12.7 Å². The van der Waals surface area contributed by atoms with Crippen LogP contribution in [-0.2, 0) is 19.9 Å². The zero-order valence-electron chi connectivity index (χ0n) is 12.7. The third-order valence-corrected chi connectivity index (χ3v) is 4.34. The van der Waals surface area contributed by atoms with Crippen molar-refractivity contribution in [3.63, 3.8) is 0 Å². The van der Waals surface area contributed by atoms with E-state index in [0.717, 1.165) is 11.5 Å². The maximum absolute atomic E-state index is 10.7. The molecule has 2 heterocycles. The van der Waals surface area contributed by atoms with Crippen LogP contribution in [0.2, 0.25) is 0 Å². The summed E-state index contributed by atoms with van der Waals surface area (Å²) < 4.78 is 43.2. The Morgan fingerprint density at radius 3 is 2.78 bits per heavy atom. The predicted molar refractivity (Wildman–Crippen MR) is 91.5 cm³/mol. The van der Waals surface area contributed by atoms with Gasteiger partial charge in [-0.25, -0.2) is 8.42 Å². The van der Waals surface area contributed by atoms with E-state index in [1.807, 2.05) is 24.6 Å². The van der Waals surface area contributed by atoms with E-state index in [0.29, 0.717) is 38.6 Å². The van der Waals surface area contributed by atoms with Crippen molar-refractivity contribution in [3.8, 4) is 11.5 Å². The number of hydrogen-bond acceptors (Lipinski definition) is 7. The number of thiol groups is 1. The van der Waals surface area contributed by atoms with E-state index in [4.69, 9.17) is 18.4 Å². The molecule has 1 aliphatic rings. The van der Waals surface area contributed by atoms with E-state index >= 15 is 0 Å². The Morgan fingerprint density at radius 1 is 1.35 bits per heavy atom. The Hall–Kier alpha value is 0.170. The van der Waals surface area contributed by atoms with E-state index in [1.165, 1.54) is 11.3 Å². The van der Waals surface area contributed by atoms with E-state index < -0.39 is 11.0 Å². The number of ether oxygens (including phenoxy) is 3. The Balaban J connectivity index is 0.00000264. The van der Waals surface area contributed by atoms with Crippen molar-refractivity contribution in [2.24, 2.45) is 5.92 Å². The van der Waals surface area contributed by atoms with Crippen LogP contribution in [0.15, 0.2) is 10.8 Å². The van der Waals surface area contributed by atoms with Crippen molar-refractivity contribution in [2.75, 3.05) is 19.8 Å². The molecule has 6 nitrogen and oxygen atoms in total. The van der Waals surface area contributed by atoms with Gasteiger partial charge in [0, 0.05) is 17.4 Å². The van der Waals surface area contributed by atoms with Crippen molar-refractivity contribution >= 4 is 51.9 Å². The molecule has 0 radical (unpaired) electrons. The first kappa shape index (κ1) is 21.2. The van der Waals surface area contributed by atoms with Gasteiger partial charge in [0.25, 0.3) is 11.0 Å². The average molecular weight is 374 g/mol. The number of rotatable bonds is 9. The predicted octanol–water partition coefficient (Wildman–Crippen LogP) is 1.60. The molecule has 9 heteroatoms. The fourth-order valence-electron chi connectivity index (χ4n) is 2.23. The van der Waals surface area contributed by atoms with Gasteiger partial charge in [0.15, 0.2) is 17.6 Å². The van der Waals surface area contributed by atoms with Crippen LogP contribution in [0.5, 0.6) is 11.5 Å². The van der Waals surface area contributed by atoms with E-state index in [-0.39, 0.29) is 41.8 Å². The van der Waals surface area contributed by atoms with Gasteiger partial charge in [-0.15, -0.1) is 11.3 Å². The molecule has 128 valence electrons. The van der Waals surface area contributed by atoms with Crippen LogP contribution in [0.4, 0.5) is 0 Å². The summed E-state index contributed by atoms with van der Waals surface area (Å²) in [5, 5.41) is 3.81. The Labute approximate surface area is 164 Å². The second-order valence-electron chi connectivity index (χ2n) is 5.60.